The molecule has 0 atom stereocenters. The summed E-state index contributed by atoms with van der Waals surface area (Å²) >= 11 is 4.89. The SMILES string of the molecule is Cc1cc(C(N)=S)ccc1S(=O)(=O)N(C)Cc1ccco1. The average molecular weight is 324 g/mol. The van der Waals surface area contributed by atoms with E-state index < -0.39 is 10.0 Å². The molecule has 2 aromatic rings. The topological polar surface area (TPSA) is 76.5 Å². The predicted octanol–water partition coefficient (Wildman–Crippen LogP) is 2.04. The van der Waals surface area contributed by atoms with Crippen LogP contribution in [0.2, 0.25) is 0 Å². The maximum Gasteiger partial charge on any atom is 0.243 e. The molecule has 0 bridgehead atoms. The van der Waals surface area contributed by atoms with Crippen molar-refractivity contribution >= 4 is 27.2 Å². The van der Waals surface area contributed by atoms with E-state index in [-0.39, 0.29) is 16.4 Å². The van der Waals surface area contributed by atoms with Crippen LogP contribution in [0.5, 0.6) is 0 Å². The van der Waals surface area contributed by atoms with Crippen LogP contribution in [-0.4, -0.2) is 24.8 Å². The van der Waals surface area contributed by atoms with E-state index in [1.165, 1.54) is 23.7 Å². The minimum absolute atomic E-state index is 0.172. The van der Waals surface area contributed by atoms with Gasteiger partial charge in [-0.05, 0) is 36.8 Å². The number of benzene rings is 1. The van der Waals surface area contributed by atoms with E-state index in [0.29, 0.717) is 16.9 Å². The van der Waals surface area contributed by atoms with Gasteiger partial charge in [-0.2, -0.15) is 4.31 Å². The van der Waals surface area contributed by atoms with Gasteiger partial charge in [-0.25, -0.2) is 8.42 Å². The second kappa shape index (κ2) is 5.97. The number of nitrogens with two attached hydrogens (primary N) is 1. The van der Waals surface area contributed by atoms with Crippen LogP contribution in [0.1, 0.15) is 16.9 Å². The molecule has 0 radical (unpaired) electrons. The first-order valence-electron chi connectivity index (χ1n) is 6.21. The monoisotopic (exact) mass is 324 g/mol. The number of hydrogen-bond donors (Lipinski definition) is 1. The maximum absolute atomic E-state index is 12.6. The molecule has 1 heterocycles. The number of aryl methyl sites for hydroxylation is 1. The first-order chi connectivity index (χ1) is 9.82. The second-order valence-electron chi connectivity index (χ2n) is 4.68. The Labute approximate surface area is 129 Å². The van der Waals surface area contributed by atoms with Crippen molar-refractivity contribution in [1.29, 1.82) is 0 Å². The smallest absolute Gasteiger partial charge is 0.243 e. The molecule has 0 aliphatic carbocycles. The molecule has 0 spiro atoms. The van der Waals surface area contributed by atoms with Crippen LogP contribution in [0.15, 0.2) is 45.9 Å². The highest BCUT2D eigenvalue weighted by molar-refractivity contribution is 7.89. The van der Waals surface area contributed by atoms with E-state index in [1.807, 2.05) is 0 Å². The lowest BCUT2D eigenvalue weighted by molar-refractivity contribution is 0.406. The molecule has 1 aromatic carbocycles. The molecule has 0 amide bonds. The summed E-state index contributed by atoms with van der Waals surface area (Å²) in [5.74, 6) is 0.582. The van der Waals surface area contributed by atoms with Crippen molar-refractivity contribution in [1.82, 2.24) is 4.31 Å². The Morgan fingerprint density at radius 2 is 2.10 bits per heavy atom. The summed E-state index contributed by atoms with van der Waals surface area (Å²) in [6.07, 6.45) is 1.51. The summed E-state index contributed by atoms with van der Waals surface area (Å²) in [4.78, 5) is 0.475. The number of rotatable bonds is 5. The molecule has 21 heavy (non-hydrogen) atoms. The van der Waals surface area contributed by atoms with E-state index in [9.17, 15) is 8.42 Å². The Morgan fingerprint density at radius 1 is 1.38 bits per heavy atom. The summed E-state index contributed by atoms with van der Waals surface area (Å²) < 4.78 is 31.6. The first kappa shape index (κ1) is 15.7. The highest BCUT2D eigenvalue weighted by Crippen LogP contribution is 2.21. The van der Waals surface area contributed by atoms with Crippen molar-refractivity contribution in [3.63, 3.8) is 0 Å². The lowest BCUT2D eigenvalue weighted by atomic mass is 10.1. The van der Waals surface area contributed by atoms with E-state index >= 15 is 0 Å². The zero-order valence-electron chi connectivity index (χ0n) is 11.7. The third-order valence-electron chi connectivity index (χ3n) is 3.11. The fourth-order valence-electron chi connectivity index (χ4n) is 1.97. The molecule has 2 rings (SSSR count). The fourth-order valence-corrected chi connectivity index (χ4v) is 3.43. The quantitative estimate of drug-likeness (QED) is 0.852. The summed E-state index contributed by atoms with van der Waals surface area (Å²) in [7, 11) is -2.09. The summed E-state index contributed by atoms with van der Waals surface area (Å²) in [6.45, 7) is 1.89. The Bertz CT molecular complexity index is 753. The van der Waals surface area contributed by atoms with Gasteiger partial charge in [-0.15, -0.1) is 0 Å². The Morgan fingerprint density at radius 3 is 2.62 bits per heavy atom. The number of sulfonamides is 1. The highest BCUT2D eigenvalue weighted by atomic mass is 32.2. The van der Waals surface area contributed by atoms with Crippen molar-refractivity contribution in [2.24, 2.45) is 5.73 Å². The van der Waals surface area contributed by atoms with Crippen molar-refractivity contribution in [3.8, 4) is 0 Å². The van der Waals surface area contributed by atoms with Gasteiger partial charge < -0.3 is 10.2 Å². The zero-order chi connectivity index (χ0) is 15.6. The van der Waals surface area contributed by atoms with Crippen molar-refractivity contribution in [2.75, 3.05) is 7.05 Å². The lowest BCUT2D eigenvalue weighted by Crippen LogP contribution is -2.27. The number of thiocarbonyl (C=S) groups is 1. The molecule has 0 aliphatic rings. The van der Waals surface area contributed by atoms with Crippen LogP contribution in [0.25, 0.3) is 0 Å². The van der Waals surface area contributed by atoms with Gasteiger partial charge in [0, 0.05) is 12.6 Å². The van der Waals surface area contributed by atoms with Gasteiger partial charge in [0.1, 0.15) is 10.7 Å². The normalized spacial score (nSPS) is 11.8. The summed E-state index contributed by atoms with van der Waals surface area (Å²) in [5.41, 5.74) is 6.80. The second-order valence-corrected chi connectivity index (χ2v) is 7.14. The van der Waals surface area contributed by atoms with Crippen molar-refractivity contribution in [3.05, 3.63) is 53.5 Å². The Kier molecular flexibility index (Phi) is 4.46. The molecule has 112 valence electrons. The molecule has 5 nitrogen and oxygen atoms in total. The standard InChI is InChI=1S/C14H16N2O3S2/c1-10-8-11(14(15)20)5-6-13(10)21(17,18)16(2)9-12-4-3-7-19-12/h3-8H,9H2,1-2H3,(H2,15,20). The van der Waals surface area contributed by atoms with Crippen LogP contribution in [0.3, 0.4) is 0 Å². The minimum Gasteiger partial charge on any atom is -0.468 e. The van der Waals surface area contributed by atoms with Gasteiger partial charge >= 0.3 is 0 Å². The van der Waals surface area contributed by atoms with Crippen molar-refractivity contribution < 1.29 is 12.8 Å². The van der Waals surface area contributed by atoms with Gasteiger partial charge in [0.05, 0.1) is 17.7 Å². The van der Waals surface area contributed by atoms with Gasteiger partial charge in [0.25, 0.3) is 0 Å². The minimum atomic E-state index is -3.60. The molecule has 7 heteroatoms. The van der Waals surface area contributed by atoms with Crippen LogP contribution in [-0.2, 0) is 16.6 Å². The average Bonchev–Trinajstić information content (AvgIpc) is 2.90. The maximum atomic E-state index is 12.6. The van der Waals surface area contributed by atoms with Gasteiger partial charge in [-0.1, -0.05) is 18.3 Å². The first-order valence-corrected chi connectivity index (χ1v) is 8.06. The molecule has 0 unspecified atom stereocenters. The third-order valence-corrected chi connectivity index (χ3v) is 5.31. The Balaban J connectivity index is 2.33. The van der Waals surface area contributed by atoms with Crippen molar-refractivity contribution in [2.45, 2.75) is 18.4 Å². The number of furan rings is 1. The largest absolute Gasteiger partial charge is 0.468 e. The summed E-state index contributed by atoms with van der Waals surface area (Å²) in [5, 5.41) is 0. The van der Waals surface area contributed by atoms with Crippen LogP contribution >= 0.6 is 12.2 Å². The van der Waals surface area contributed by atoms with Crippen LogP contribution < -0.4 is 5.73 Å². The number of hydrogen-bond acceptors (Lipinski definition) is 4. The fraction of sp³-hybridized carbons (Fsp3) is 0.214. The molecule has 2 N–H and O–H groups in total. The Hall–Kier alpha value is -1.70. The van der Waals surface area contributed by atoms with Crippen LogP contribution in [0.4, 0.5) is 0 Å². The summed E-state index contributed by atoms with van der Waals surface area (Å²) in [6, 6.07) is 8.27. The van der Waals surface area contributed by atoms with Gasteiger partial charge in [0.2, 0.25) is 10.0 Å². The van der Waals surface area contributed by atoms with E-state index in [2.05, 4.69) is 0 Å². The van der Waals surface area contributed by atoms with E-state index in [1.54, 1.807) is 31.2 Å². The molecule has 1 aromatic heterocycles. The van der Waals surface area contributed by atoms with Gasteiger partial charge in [0.15, 0.2) is 0 Å². The molecule has 0 aliphatic heterocycles. The highest BCUT2D eigenvalue weighted by Gasteiger charge is 2.23. The lowest BCUT2D eigenvalue weighted by Gasteiger charge is -2.17. The van der Waals surface area contributed by atoms with Gasteiger partial charge in [-0.3, -0.25) is 0 Å². The number of nitrogens with zero attached hydrogens (tertiary/aromatic N) is 1. The predicted molar refractivity (Wildman–Crippen MR) is 84.4 cm³/mol. The molecule has 0 saturated heterocycles. The molecule has 0 saturated carbocycles. The zero-order valence-corrected chi connectivity index (χ0v) is 13.4. The molecular formula is C14H16N2O3S2. The third kappa shape index (κ3) is 3.31. The molecule has 0 fully saturated rings. The van der Waals surface area contributed by atoms with E-state index in [4.69, 9.17) is 22.4 Å². The van der Waals surface area contributed by atoms with Crippen LogP contribution in [0, 0.1) is 6.92 Å². The van der Waals surface area contributed by atoms with E-state index in [0.717, 1.165) is 0 Å². The molecular weight excluding hydrogens is 308 g/mol.